The maximum absolute atomic E-state index is 8.85. The van der Waals surface area contributed by atoms with Gasteiger partial charge in [-0.05, 0) is 23.7 Å². The fraction of sp³-hybridized carbons (Fsp3) is 0.500. The smallest absolute Gasteiger partial charge is 0.162 e. The summed E-state index contributed by atoms with van der Waals surface area (Å²) in [5.41, 5.74) is 0.480. The lowest BCUT2D eigenvalue weighted by atomic mass is 10.2. The summed E-state index contributed by atoms with van der Waals surface area (Å²) in [6, 6.07) is 2.53. The van der Waals surface area contributed by atoms with Gasteiger partial charge in [0.15, 0.2) is 5.15 Å². The third kappa shape index (κ3) is 1.97. The molecular formula is C8H8ClN3S2. The molecule has 1 N–H and O–H groups in total. The average molecular weight is 246 g/mol. The lowest BCUT2D eigenvalue weighted by Crippen LogP contribution is -2.17. The van der Waals surface area contributed by atoms with Gasteiger partial charge in [-0.25, -0.2) is 0 Å². The molecule has 0 saturated carbocycles. The Hall–Kier alpha value is -0.440. The first-order valence-electron chi connectivity index (χ1n) is 4.21. The summed E-state index contributed by atoms with van der Waals surface area (Å²) in [6.45, 7) is 0. The third-order valence-corrected chi connectivity index (χ3v) is 4.34. The van der Waals surface area contributed by atoms with Crippen LogP contribution in [0.2, 0.25) is 5.15 Å². The molecule has 0 amide bonds. The first kappa shape index (κ1) is 10.1. The van der Waals surface area contributed by atoms with Crippen LogP contribution in [0.1, 0.15) is 12.0 Å². The maximum Gasteiger partial charge on any atom is 0.162 e. The zero-order valence-electron chi connectivity index (χ0n) is 7.29. The Morgan fingerprint density at radius 2 is 2.50 bits per heavy atom. The van der Waals surface area contributed by atoms with E-state index in [-0.39, 0.29) is 0 Å². The van der Waals surface area contributed by atoms with Crippen LogP contribution < -0.4 is 5.32 Å². The minimum absolute atomic E-state index is 0.311. The molecule has 1 fully saturated rings. The Bertz CT molecular complexity index is 365. The van der Waals surface area contributed by atoms with Crippen LogP contribution >= 0.6 is 34.9 Å². The maximum atomic E-state index is 8.85. The van der Waals surface area contributed by atoms with Crippen molar-refractivity contribution in [2.45, 2.75) is 12.5 Å². The van der Waals surface area contributed by atoms with Crippen LogP contribution in [0.25, 0.3) is 0 Å². The summed E-state index contributed by atoms with van der Waals surface area (Å²) in [6.07, 6.45) is 1.14. The minimum Gasteiger partial charge on any atom is -0.371 e. The first-order chi connectivity index (χ1) is 6.81. The summed E-state index contributed by atoms with van der Waals surface area (Å²) in [4.78, 5) is 0. The van der Waals surface area contributed by atoms with Gasteiger partial charge in [-0.3, -0.25) is 0 Å². The second-order valence-electron chi connectivity index (χ2n) is 2.99. The Morgan fingerprint density at radius 3 is 3.14 bits per heavy atom. The first-order valence-corrected chi connectivity index (χ1v) is 6.51. The van der Waals surface area contributed by atoms with E-state index in [1.807, 2.05) is 11.8 Å². The number of anilines is 1. The number of aromatic nitrogens is 1. The monoisotopic (exact) mass is 245 g/mol. The molecule has 0 bridgehead atoms. The van der Waals surface area contributed by atoms with E-state index in [9.17, 15) is 0 Å². The summed E-state index contributed by atoms with van der Waals surface area (Å²) in [7, 11) is 0. The molecule has 3 nitrogen and oxygen atoms in total. The Labute approximate surface area is 95.6 Å². The molecule has 1 atom stereocenters. The molecule has 6 heteroatoms. The zero-order valence-corrected chi connectivity index (χ0v) is 9.68. The van der Waals surface area contributed by atoms with Gasteiger partial charge in [0.25, 0.3) is 0 Å². The van der Waals surface area contributed by atoms with Crippen molar-refractivity contribution in [1.82, 2.24) is 4.37 Å². The van der Waals surface area contributed by atoms with E-state index in [0.29, 0.717) is 16.8 Å². The molecule has 2 heterocycles. The van der Waals surface area contributed by atoms with Gasteiger partial charge in [-0.15, -0.1) is 0 Å². The molecule has 1 aliphatic rings. The van der Waals surface area contributed by atoms with E-state index in [1.54, 1.807) is 0 Å². The number of nitrogens with one attached hydrogen (secondary N) is 1. The van der Waals surface area contributed by atoms with Crippen molar-refractivity contribution >= 4 is 39.9 Å². The molecule has 0 radical (unpaired) electrons. The third-order valence-electron chi connectivity index (χ3n) is 2.03. The molecule has 1 saturated heterocycles. The number of halogens is 1. The molecule has 1 aromatic heterocycles. The van der Waals surface area contributed by atoms with Crippen LogP contribution in [0, 0.1) is 11.3 Å². The van der Waals surface area contributed by atoms with Crippen molar-refractivity contribution in [3.63, 3.8) is 0 Å². The predicted octanol–water partition coefficient (Wildman–Crippen LogP) is 2.59. The molecular weight excluding hydrogens is 238 g/mol. The van der Waals surface area contributed by atoms with Crippen LogP contribution in [0.4, 0.5) is 5.00 Å². The van der Waals surface area contributed by atoms with Crippen molar-refractivity contribution in [2.24, 2.45) is 0 Å². The summed E-state index contributed by atoms with van der Waals surface area (Å²) in [5, 5.41) is 13.3. The molecule has 1 unspecified atom stereocenters. The highest BCUT2D eigenvalue weighted by atomic mass is 35.5. The van der Waals surface area contributed by atoms with Crippen molar-refractivity contribution < 1.29 is 0 Å². The number of thioether (sulfide) groups is 1. The van der Waals surface area contributed by atoms with Gasteiger partial charge in [0.2, 0.25) is 0 Å². The van der Waals surface area contributed by atoms with E-state index in [4.69, 9.17) is 16.9 Å². The SMILES string of the molecule is N#Cc1c(Cl)nsc1NC1CCSC1. The molecule has 74 valence electrons. The summed E-state index contributed by atoms with van der Waals surface area (Å²) in [5.74, 6) is 2.28. The number of hydrogen-bond donors (Lipinski definition) is 1. The quantitative estimate of drug-likeness (QED) is 0.870. The second-order valence-corrected chi connectivity index (χ2v) is 5.28. The summed E-state index contributed by atoms with van der Waals surface area (Å²) < 4.78 is 3.94. The van der Waals surface area contributed by atoms with Crippen LogP contribution in [0.3, 0.4) is 0 Å². The Morgan fingerprint density at radius 1 is 1.64 bits per heavy atom. The van der Waals surface area contributed by atoms with Crippen LogP contribution in [-0.4, -0.2) is 21.9 Å². The van der Waals surface area contributed by atoms with E-state index in [0.717, 1.165) is 17.2 Å². The van der Waals surface area contributed by atoms with Gasteiger partial charge in [0.05, 0.1) is 0 Å². The van der Waals surface area contributed by atoms with Gasteiger partial charge < -0.3 is 5.32 Å². The van der Waals surface area contributed by atoms with Gasteiger partial charge in [-0.1, -0.05) is 11.6 Å². The van der Waals surface area contributed by atoms with Crippen LogP contribution in [-0.2, 0) is 0 Å². The molecule has 2 rings (SSSR count). The molecule has 1 aliphatic heterocycles. The molecule has 14 heavy (non-hydrogen) atoms. The van der Waals surface area contributed by atoms with Crippen LogP contribution in [0.5, 0.6) is 0 Å². The van der Waals surface area contributed by atoms with Crippen molar-refractivity contribution in [3.05, 3.63) is 10.7 Å². The number of rotatable bonds is 2. The molecule has 1 aromatic rings. The van der Waals surface area contributed by atoms with E-state index in [2.05, 4.69) is 15.8 Å². The van der Waals surface area contributed by atoms with E-state index >= 15 is 0 Å². The standard InChI is InChI=1S/C8H8ClN3S2/c9-7-6(3-10)8(14-12-7)11-5-1-2-13-4-5/h5,11H,1-2,4H2. The normalized spacial score (nSPS) is 20.7. The largest absolute Gasteiger partial charge is 0.371 e. The highest BCUT2D eigenvalue weighted by molar-refractivity contribution is 7.99. The number of nitriles is 1. The zero-order chi connectivity index (χ0) is 9.97. The van der Waals surface area contributed by atoms with Crippen LogP contribution in [0.15, 0.2) is 0 Å². The highest BCUT2D eigenvalue weighted by Gasteiger charge is 2.19. The fourth-order valence-corrected chi connectivity index (χ4v) is 3.46. The highest BCUT2D eigenvalue weighted by Crippen LogP contribution is 2.30. The van der Waals surface area contributed by atoms with Crippen molar-refractivity contribution in [2.75, 3.05) is 16.8 Å². The van der Waals surface area contributed by atoms with Gasteiger partial charge >= 0.3 is 0 Å². The number of nitrogens with zero attached hydrogens (tertiary/aromatic N) is 2. The second kappa shape index (κ2) is 4.39. The fourth-order valence-electron chi connectivity index (χ4n) is 1.30. The summed E-state index contributed by atoms with van der Waals surface area (Å²) >= 11 is 8.95. The molecule has 0 aromatic carbocycles. The van der Waals surface area contributed by atoms with Gasteiger partial charge in [-0.2, -0.15) is 21.4 Å². The Balaban J connectivity index is 2.12. The lowest BCUT2D eigenvalue weighted by molar-refractivity contribution is 0.816. The van der Waals surface area contributed by atoms with E-state index < -0.39 is 0 Å². The predicted molar refractivity (Wildman–Crippen MR) is 61.2 cm³/mol. The van der Waals surface area contributed by atoms with E-state index in [1.165, 1.54) is 17.3 Å². The topological polar surface area (TPSA) is 48.7 Å². The van der Waals surface area contributed by atoms with Crippen molar-refractivity contribution in [3.8, 4) is 6.07 Å². The average Bonchev–Trinajstić information content (AvgIpc) is 2.77. The Kier molecular flexibility index (Phi) is 3.16. The van der Waals surface area contributed by atoms with Gasteiger partial charge in [0.1, 0.15) is 16.6 Å². The van der Waals surface area contributed by atoms with Gasteiger partial charge in [0, 0.05) is 11.8 Å². The molecule has 0 aliphatic carbocycles. The molecule has 0 spiro atoms. The number of hydrogen-bond acceptors (Lipinski definition) is 5. The minimum atomic E-state index is 0.311. The van der Waals surface area contributed by atoms with Crippen molar-refractivity contribution in [1.29, 1.82) is 5.26 Å². The lowest BCUT2D eigenvalue weighted by Gasteiger charge is -2.09.